The van der Waals surface area contributed by atoms with Crippen LogP contribution in [-0.4, -0.2) is 144 Å². The Balaban J connectivity index is 0.000000216. The molecule has 29 nitrogen and oxygen atoms in total. The molecule has 0 radical (unpaired) electrons. The number of halogens is 23. The van der Waals surface area contributed by atoms with Crippen molar-refractivity contribution in [2.75, 3.05) is 53.0 Å². The third kappa shape index (κ3) is 29.7. The molecule has 7 heterocycles. The minimum Gasteiger partial charge on any atom is -0.379 e. The first kappa shape index (κ1) is 114. The lowest BCUT2D eigenvalue weighted by Crippen LogP contribution is -2.49. The molecule has 2 saturated heterocycles. The molecule has 0 bridgehead atoms. The van der Waals surface area contributed by atoms with E-state index in [9.17, 15) is 127 Å². The lowest BCUT2D eigenvalue weighted by atomic mass is 10.1. The molecule has 5 aromatic carbocycles. The predicted octanol–water partition coefficient (Wildman–Crippen LogP) is 18.4. The highest BCUT2D eigenvalue weighted by Gasteiger charge is 2.52. The van der Waals surface area contributed by atoms with E-state index in [1.54, 1.807) is 52.5 Å². The van der Waals surface area contributed by atoms with Gasteiger partial charge in [-0.3, -0.25) is 57.6 Å². The molecular formula is C89H86Cl5F18N15O14. The Hall–Kier alpha value is -12.8. The van der Waals surface area contributed by atoms with E-state index in [0.717, 1.165) is 121 Å². The number of amides is 10. The Labute approximate surface area is 814 Å². The standard InChI is InChI=1S/2C18H17ClF3N3O3.2C18H19ClF3N3O3.C17H14ClF6N3O2/c1-25-6-4-12(16(26)23-10-2-3-14(20)13(19)8-10)15(25)18(21,22)17(27)24-11-5-7-28-9-11;1-25-8-10(16(26)23-11-2-3-14(20)13(19)7-11)6-15(25)18(21,22)17(27)24-12-4-5-28-9-12;1-17(2,3)28-24-16(27)18(21,22)14-7-10(9-25(14)4)15(26)23-11-5-6-13(20)12(19)8-11;1-17(2,3)28-24-16(27)18(21,22)14-11(7-8-25(14)4)15(26)23-10-5-6-13(20)12(19)9-10;1-8(17(22,23)24)25-15(29)16(20,21)13-10(5-6-27(13)2)14(28)26-9-3-4-12(19)11(18)7-9/h2-4,6,8,11H,5,7,9H2,1H3,(H,23,26)(H,24,27);2-3,6-8,12H,4-5,9H2,1H3,(H,23,26)(H,24,27);2*5-9H,1-4H3,(H,23,26)(H,24,27);3-8H,1-2H3,(H,25,29)(H,26,28)/t11-;12-;;;8-/m11..0/s1. The molecule has 0 unspecified atom stereocenters. The van der Waals surface area contributed by atoms with Gasteiger partial charge in [0.2, 0.25) is 0 Å². The molecule has 10 aromatic rings. The number of alkyl halides is 13. The molecule has 3 atom stereocenters. The minimum absolute atomic E-state index is 0.0188. The summed E-state index contributed by atoms with van der Waals surface area (Å²) in [4.78, 5) is 132. The van der Waals surface area contributed by atoms with Crippen LogP contribution in [0.5, 0.6) is 0 Å². The average Bonchev–Trinajstić information content (AvgIpc) is 1.68. The van der Waals surface area contributed by atoms with Crippen molar-refractivity contribution in [1.82, 2.24) is 49.7 Å². The van der Waals surface area contributed by atoms with Crippen LogP contribution in [0.3, 0.4) is 0 Å². The van der Waals surface area contributed by atoms with Gasteiger partial charge >= 0.3 is 47.6 Å². The maximum absolute atomic E-state index is 14.8. The van der Waals surface area contributed by atoms with E-state index in [-0.39, 0.29) is 83.5 Å². The first-order chi connectivity index (χ1) is 65.3. The van der Waals surface area contributed by atoms with E-state index in [0.29, 0.717) is 33.0 Å². The van der Waals surface area contributed by atoms with Crippen molar-refractivity contribution in [1.29, 1.82) is 0 Å². The van der Waals surface area contributed by atoms with Gasteiger partial charge in [0.1, 0.15) is 52.2 Å². The molecule has 762 valence electrons. The van der Waals surface area contributed by atoms with Gasteiger partial charge in [-0.15, -0.1) is 0 Å². The number of aryl methyl sites for hydroxylation is 5. The number of hydrogen-bond donors (Lipinski definition) is 10. The maximum Gasteiger partial charge on any atom is 0.408 e. The Bertz CT molecular complexity index is 6300. The monoisotopic (exact) mass is 2110 g/mol. The van der Waals surface area contributed by atoms with Crippen LogP contribution in [-0.2, 0) is 108 Å². The zero-order valence-electron chi connectivity index (χ0n) is 75.6. The fourth-order valence-corrected chi connectivity index (χ4v) is 13.4. The number of carbonyl (C=O) groups is 10. The number of hydroxylamine groups is 2. The van der Waals surface area contributed by atoms with Crippen molar-refractivity contribution in [3.63, 3.8) is 0 Å². The van der Waals surface area contributed by atoms with E-state index < -0.39 is 193 Å². The van der Waals surface area contributed by atoms with Gasteiger partial charge in [0.05, 0.1) is 101 Å². The largest absolute Gasteiger partial charge is 0.408 e. The fourth-order valence-electron chi connectivity index (χ4n) is 12.5. The molecule has 2 aliphatic heterocycles. The van der Waals surface area contributed by atoms with Gasteiger partial charge in [-0.2, -0.15) is 57.1 Å². The lowest BCUT2D eigenvalue weighted by molar-refractivity contribution is -0.171. The Morgan fingerprint density at radius 2 is 0.610 bits per heavy atom. The SMILES string of the molecule is C[C@H](NC(=O)C(F)(F)c1c(C(=O)Nc2ccc(F)c(Cl)c2)ccn1C)C(F)(F)F.Cn1cc(C(=O)Nc2ccc(F)c(Cl)c2)cc1C(F)(F)C(=O)NOC(C)(C)C.Cn1cc(C(=O)Nc2ccc(F)c(Cl)c2)cc1C(F)(F)C(=O)N[C@@H]1CCOC1.Cn1ccc(C(=O)Nc2ccc(F)c(Cl)c2)c1C(F)(F)C(=O)NOC(C)(C)C.Cn1ccc(C(=O)Nc2ccc(F)c(Cl)c2)c1C(F)(F)C(=O)N[C@@H]1CCOC1. The van der Waals surface area contributed by atoms with E-state index >= 15 is 0 Å². The van der Waals surface area contributed by atoms with Crippen LogP contribution in [0.1, 0.15) is 142 Å². The number of nitrogens with one attached hydrogen (secondary N) is 10. The third-order valence-electron chi connectivity index (χ3n) is 19.6. The molecular weight excluding hydrogens is 2020 g/mol. The number of rotatable bonds is 25. The molecule has 141 heavy (non-hydrogen) atoms. The molecule has 0 spiro atoms. The zero-order chi connectivity index (χ0) is 106. The van der Waals surface area contributed by atoms with Gasteiger partial charge in [0, 0.05) is 108 Å². The first-order valence-corrected chi connectivity index (χ1v) is 42.8. The number of aromatic nitrogens is 5. The van der Waals surface area contributed by atoms with Crippen molar-refractivity contribution >= 4 is 146 Å². The summed E-state index contributed by atoms with van der Waals surface area (Å²) in [5.41, 5.74) is -3.42. The van der Waals surface area contributed by atoms with Gasteiger partial charge in [0.15, 0.2) is 0 Å². The molecule has 0 saturated carbocycles. The summed E-state index contributed by atoms with van der Waals surface area (Å²) in [6.45, 7) is 11.1. The minimum atomic E-state index is -4.93. The quantitative estimate of drug-likeness (QED) is 0.0188. The van der Waals surface area contributed by atoms with Crippen LogP contribution in [0.4, 0.5) is 107 Å². The molecule has 10 amide bonds. The molecule has 0 aliphatic carbocycles. The smallest absolute Gasteiger partial charge is 0.379 e. The van der Waals surface area contributed by atoms with E-state index in [4.69, 9.17) is 77.2 Å². The van der Waals surface area contributed by atoms with Crippen LogP contribution < -0.4 is 53.5 Å². The average molecular weight is 2110 g/mol. The second kappa shape index (κ2) is 46.3. The van der Waals surface area contributed by atoms with Gasteiger partial charge in [-0.1, -0.05) is 58.0 Å². The van der Waals surface area contributed by atoms with Gasteiger partial charge < -0.3 is 74.8 Å². The number of benzene rings is 5. The number of anilines is 5. The first-order valence-electron chi connectivity index (χ1n) is 40.9. The Kier molecular flexibility index (Phi) is 37.3. The summed E-state index contributed by atoms with van der Waals surface area (Å²) >= 11 is 28.2. The van der Waals surface area contributed by atoms with Crippen LogP contribution in [0, 0.1) is 29.1 Å². The van der Waals surface area contributed by atoms with E-state index in [1.807, 2.05) is 0 Å². The molecule has 10 N–H and O–H groups in total. The van der Waals surface area contributed by atoms with E-state index in [1.165, 1.54) is 94.6 Å². The predicted molar refractivity (Wildman–Crippen MR) is 480 cm³/mol. The van der Waals surface area contributed by atoms with Crippen molar-refractivity contribution in [2.45, 2.75) is 126 Å². The molecule has 2 fully saturated rings. The second-order valence-corrected chi connectivity index (χ2v) is 34.9. The summed E-state index contributed by atoms with van der Waals surface area (Å²) < 4.78 is 265. The van der Waals surface area contributed by atoms with Crippen LogP contribution >= 0.6 is 58.0 Å². The van der Waals surface area contributed by atoms with Crippen molar-refractivity contribution < 1.29 is 146 Å². The second-order valence-electron chi connectivity index (χ2n) is 32.9. The van der Waals surface area contributed by atoms with Crippen molar-refractivity contribution in [3.05, 3.63) is 263 Å². The maximum atomic E-state index is 14.8. The number of hydrogen-bond acceptors (Lipinski definition) is 14. The highest BCUT2D eigenvalue weighted by molar-refractivity contribution is 6.32. The normalized spacial score (nSPS) is 14.1. The molecule has 2 aliphatic rings. The summed E-state index contributed by atoms with van der Waals surface area (Å²) in [7, 11) is 6.25. The van der Waals surface area contributed by atoms with Crippen LogP contribution in [0.15, 0.2) is 152 Å². The van der Waals surface area contributed by atoms with Crippen LogP contribution in [0.25, 0.3) is 0 Å². The Morgan fingerprint density at radius 1 is 0.355 bits per heavy atom. The molecule has 12 rings (SSSR count). The lowest BCUT2D eigenvalue weighted by Gasteiger charge is -2.23. The van der Waals surface area contributed by atoms with Gasteiger partial charge in [0.25, 0.3) is 47.3 Å². The highest BCUT2D eigenvalue weighted by Crippen LogP contribution is 2.40. The van der Waals surface area contributed by atoms with Gasteiger partial charge in [-0.05, 0) is 183 Å². The summed E-state index contributed by atoms with van der Waals surface area (Å²) in [5.74, 6) is -36.6. The van der Waals surface area contributed by atoms with E-state index in [2.05, 4.69) is 37.2 Å². The van der Waals surface area contributed by atoms with Crippen LogP contribution in [0.2, 0.25) is 25.1 Å². The van der Waals surface area contributed by atoms with Crippen molar-refractivity contribution in [3.8, 4) is 0 Å². The number of nitrogens with zero attached hydrogens (tertiary/aromatic N) is 5. The topological polar surface area (TPSA) is 353 Å². The number of ether oxygens (including phenoxy) is 2. The molecule has 5 aromatic heterocycles. The zero-order valence-corrected chi connectivity index (χ0v) is 79.3. The summed E-state index contributed by atoms with van der Waals surface area (Å²) in [5, 5.41) is 16.3. The highest BCUT2D eigenvalue weighted by atomic mass is 35.5. The summed E-state index contributed by atoms with van der Waals surface area (Å²) in [6.07, 6.45) is 1.79. The fraction of sp³-hybridized carbons (Fsp3) is 0.326. The number of carbonyl (C=O) groups excluding carboxylic acids is 10. The molecule has 52 heteroatoms. The van der Waals surface area contributed by atoms with Gasteiger partial charge in [-0.25, -0.2) is 32.9 Å². The Morgan fingerprint density at radius 3 is 0.872 bits per heavy atom. The van der Waals surface area contributed by atoms with Crippen molar-refractivity contribution in [2.24, 2.45) is 35.2 Å². The third-order valence-corrected chi connectivity index (χ3v) is 21.1. The summed E-state index contributed by atoms with van der Waals surface area (Å²) in [6, 6.07) is 18.6.